The average molecular weight is 246 g/mol. The van der Waals surface area contributed by atoms with Crippen LogP contribution in [0.3, 0.4) is 0 Å². The van der Waals surface area contributed by atoms with E-state index in [-0.39, 0.29) is 0 Å². The van der Waals surface area contributed by atoms with Gasteiger partial charge in [0, 0.05) is 0 Å². The Morgan fingerprint density at radius 1 is 1.46 bits per heavy atom. The molecular formula is C9H16BrN3. The van der Waals surface area contributed by atoms with Crippen molar-refractivity contribution in [2.45, 2.75) is 27.4 Å². The van der Waals surface area contributed by atoms with Gasteiger partial charge in [0.15, 0.2) is 0 Å². The molecule has 1 rings (SSSR count). The number of aryl methyl sites for hydroxylation is 1. The molecule has 1 aromatic rings. The summed E-state index contributed by atoms with van der Waals surface area (Å²) in [5, 5.41) is 4.43. The van der Waals surface area contributed by atoms with Crippen LogP contribution >= 0.6 is 15.9 Å². The fourth-order valence-corrected chi connectivity index (χ4v) is 1.43. The Morgan fingerprint density at radius 3 is 2.46 bits per heavy atom. The minimum absolute atomic E-state index is 0.856. The average Bonchev–Trinajstić information content (AvgIpc) is 2.34. The summed E-state index contributed by atoms with van der Waals surface area (Å²) in [4.78, 5) is 2.21. The monoisotopic (exact) mass is 245 g/mol. The van der Waals surface area contributed by atoms with Gasteiger partial charge < -0.3 is 0 Å². The zero-order valence-corrected chi connectivity index (χ0v) is 10.2. The summed E-state index contributed by atoms with van der Waals surface area (Å²) in [7, 11) is 2.09. The Kier molecular flexibility index (Phi) is 3.50. The van der Waals surface area contributed by atoms with Crippen molar-refractivity contribution in [3.05, 3.63) is 15.9 Å². The van der Waals surface area contributed by atoms with Crippen LogP contribution in [0.1, 0.15) is 18.3 Å². The van der Waals surface area contributed by atoms with Crippen molar-refractivity contribution in [2.75, 3.05) is 13.6 Å². The molecule has 0 saturated carbocycles. The van der Waals surface area contributed by atoms with Gasteiger partial charge in [-0.25, -0.2) is 0 Å². The van der Waals surface area contributed by atoms with E-state index in [1.807, 2.05) is 11.6 Å². The van der Waals surface area contributed by atoms with Crippen LogP contribution in [-0.4, -0.2) is 28.3 Å². The minimum atomic E-state index is 0.856. The third-order valence-electron chi connectivity index (χ3n) is 2.21. The fraction of sp³-hybridized carbons (Fsp3) is 0.667. The molecule has 4 heteroatoms. The molecule has 0 aliphatic carbocycles. The van der Waals surface area contributed by atoms with Gasteiger partial charge in [-0.2, -0.15) is 5.10 Å². The molecule has 0 unspecified atom stereocenters. The predicted molar refractivity (Wildman–Crippen MR) is 57.7 cm³/mol. The van der Waals surface area contributed by atoms with Crippen molar-refractivity contribution in [3.8, 4) is 0 Å². The summed E-state index contributed by atoms with van der Waals surface area (Å²) >= 11 is 3.51. The smallest absolute Gasteiger partial charge is 0.0929 e. The quantitative estimate of drug-likeness (QED) is 0.815. The molecule has 0 radical (unpaired) electrons. The second kappa shape index (κ2) is 4.24. The first-order valence-electron chi connectivity index (χ1n) is 4.44. The van der Waals surface area contributed by atoms with E-state index in [1.165, 1.54) is 5.69 Å². The summed E-state index contributed by atoms with van der Waals surface area (Å²) in [5.41, 5.74) is 2.25. The van der Waals surface area contributed by atoms with Gasteiger partial charge in [-0.05, 0) is 43.4 Å². The van der Waals surface area contributed by atoms with Crippen molar-refractivity contribution in [2.24, 2.45) is 0 Å². The van der Waals surface area contributed by atoms with Crippen LogP contribution in [0.25, 0.3) is 0 Å². The zero-order valence-electron chi connectivity index (χ0n) is 8.63. The van der Waals surface area contributed by atoms with Gasteiger partial charge >= 0.3 is 0 Å². The van der Waals surface area contributed by atoms with E-state index >= 15 is 0 Å². The highest BCUT2D eigenvalue weighted by Gasteiger charge is 2.08. The van der Waals surface area contributed by atoms with Gasteiger partial charge in [0.25, 0.3) is 0 Å². The molecule has 0 amide bonds. The molecule has 1 heterocycles. The molecule has 0 bridgehead atoms. The predicted octanol–water partition coefficient (Wildman–Crippen LogP) is 2.17. The SMILES string of the molecule is CCN(C)Cn1nc(C)c(Br)c1C. The Balaban J connectivity index is 2.83. The molecule has 0 saturated heterocycles. The molecule has 74 valence electrons. The van der Waals surface area contributed by atoms with Crippen LogP contribution < -0.4 is 0 Å². The Hall–Kier alpha value is -0.350. The number of rotatable bonds is 3. The molecule has 0 fully saturated rings. The number of halogens is 1. The molecule has 3 nitrogen and oxygen atoms in total. The van der Waals surface area contributed by atoms with Crippen LogP contribution in [0.2, 0.25) is 0 Å². The van der Waals surface area contributed by atoms with Gasteiger partial charge in [-0.1, -0.05) is 6.92 Å². The van der Waals surface area contributed by atoms with Crippen molar-refractivity contribution >= 4 is 15.9 Å². The van der Waals surface area contributed by atoms with E-state index in [9.17, 15) is 0 Å². The molecule has 13 heavy (non-hydrogen) atoms. The number of aromatic nitrogens is 2. The van der Waals surface area contributed by atoms with E-state index in [0.29, 0.717) is 0 Å². The van der Waals surface area contributed by atoms with Crippen LogP contribution in [0.15, 0.2) is 4.47 Å². The van der Waals surface area contributed by atoms with Gasteiger partial charge in [0.05, 0.1) is 22.5 Å². The first-order valence-corrected chi connectivity index (χ1v) is 5.23. The lowest BCUT2D eigenvalue weighted by atomic mass is 10.4. The van der Waals surface area contributed by atoms with Crippen LogP contribution in [0.5, 0.6) is 0 Å². The van der Waals surface area contributed by atoms with Crippen LogP contribution in [-0.2, 0) is 6.67 Å². The van der Waals surface area contributed by atoms with Gasteiger partial charge in [0.2, 0.25) is 0 Å². The minimum Gasteiger partial charge on any atom is -0.288 e. The van der Waals surface area contributed by atoms with Crippen molar-refractivity contribution in [1.82, 2.24) is 14.7 Å². The maximum Gasteiger partial charge on any atom is 0.0929 e. The Bertz CT molecular complexity index is 293. The standard InChI is InChI=1S/C9H16BrN3/c1-5-12(4)6-13-8(3)9(10)7(2)11-13/h5-6H2,1-4H3. The number of nitrogens with zero attached hydrogens (tertiary/aromatic N) is 3. The van der Waals surface area contributed by atoms with E-state index in [0.717, 1.165) is 23.4 Å². The van der Waals surface area contributed by atoms with Gasteiger partial charge in [-0.3, -0.25) is 9.58 Å². The van der Waals surface area contributed by atoms with Crippen molar-refractivity contribution < 1.29 is 0 Å². The second-order valence-electron chi connectivity index (χ2n) is 3.30. The third-order valence-corrected chi connectivity index (χ3v) is 3.36. The van der Waals surface area contributed by atoms with Gasteiger partial charge in [0.1, 0.15) is 0 Å². The molecule has 0 aliphatic heterocycles. The van der Waals surface area contributed by atoms with E-state index in [1.54, 1.807) is 0 Å². The third kappa shape index (κ3) is 2.31. The number of hydrogen-bond donors (Lipinski definition) is 0. The topological polar surface area (TPSA) is 21.1 Å². The largest absolute Gasteiger partial charge is 0.288 e. The van der Waals surface area contributed by atoms with Gasteiger partial charge in [-0.15, -0.1) is 0 Å². The maximum absolute atomic E-state index is 4.43. The number of hydrogen-bond acceptors (Lipinski definition) is 2. The van der Waals surface area contributed by atoms with Crippen LogP contribution in [0.4, 0.5) is 0 Å². The second-order valence-corrected chi connectivity index (χ2v) is 4.09. The van der Waals surface area contributed by atoms with E-state index in [4.69, 9.17) is 0 Å². The van der Waals surface area contributed by atoms with E-state index < -0.39 is 0 Å². The lowest BCUT2D eigenvalue weighted by Crippen LogP contribution is -2.22. The Labute approximate surface area is 87.9 Å². The fourth-order valence-electron chi connectivity index (χ4n) is 1.14. The lowest BCUT2D eigenvalue weighted by molar-refractivity contribution is 0.263. The van der Waals surface area contributed by atoms with E-state index in [2.05, 4.69) is 46.8 Å². The maximum atomic E-state index is 4.43. The van der Waals surface area contributed by atoms with Crippen molar-refractivity contribution in [3.63, 3.8) is 0 Å². The lowest BCUT2D eigenvalue weighted by Gasteiger charge is -2.14. The molecule has 0 aromatic carbocycles. The molecule has 0 N–H and O–H groups in total. The normalized spacial score (nSPS) is 11.2. The first-order chi connectivity index (χ1) is 6.06. The molecular weight excluding hydrogens is 230 g/mol. The molecule has 0 spiro atoms. The van der Waals surface area contributed by atoms with Crippen molar-refractivity contribution in [1.29, 1.82) is 0 Å². The van der Waals surface area contributed by atoms with Crippen LogP contribution in [0, 0.1) is 13.8 Å². The first kappa shape index (κ1) is 10.7. The summed E-state index contributed by atoms with van der Waals surface area (Å²) in [6.45, 7) is 8.12. The highest BCUT2D eigenvalue weighted by Crippen LogP contribution is 2.19. The molecule has 0 atom stereocenters. The summed E-state index contributed by atoms with van der Waals surface area (Å²) in [5.74, 6) is 0. The highest BCUT2D eigenvalue weighted by atomic mass is 79.9. The zero-order chi connectivity index (χ0) is 10.0. The molecule has 0 aliphatic rings. The Morgan fingerprint density at radius 2 is 2.08 bits per heavy atom. The summed E-state index contributed by atoms with van der Waals surface area (Å²) < 4.78 is 3.14. The summed E-state index contributed by atoms with van der Waals surface area (Å²) in [6.07, 6.45) is 0. The molecule has 1 aromatic heterocycles. The summed E-state index contributed by atoms with van der Waals surface area (Å²) in [6, 6.07) is 0. The highest BCUT2D eigenvalue weighted by molar-refractivity contribution is 9.10.